The van der Waals surface area contributed by atoms with Crippen molar-refractivity contribution in [3.05, 3.63) is 86.5 Å². The van der Waals surface area contributed by atoms with Crippen molar-refractivity contribution in [3.63, 3.8) is 0 Å². The van der Waals surface area contributed by atoms with Crippen molar-refractivity contribution in [3.8, 4) is 17.2 Å². The Balaban J connectivity index is 1.64. The topological polar surface area (TPSA) is 60.7 Å². The third-order valence-electron chi connectivity index (χ3n) is 14.0. The molecule has 0 bridgehead atoms. The first-order valence-electron chi connectivity index (χ1n) is 22.5. The summed E-state index contributed by atoms with van der Waals surface area (Å²) in [5.41, 5.74) is 10.7. The van der Waals surface area contributed by atoms with Gasteiger partial charge in [-0.15, -0.1) is 0 Å². The lowest BCUT2D eigenvalue weighted by Crippen LogP contribution is -2.21. The van der Waals surface area contributed by atoms with Crippen molar-refractivity contribution >= 4 is 0 Å². The summed E-state index contributed by atoms with van der Waals surface area (Å²) < 4.78 is 0. The Bertz CT molecular complexity index is 1690. The van der Waals surface area contributed by atoms with Crippen LogP contribution in [0, 0.1) is 0 Å². The van der Waals surface area contributed by atoms with E-state index in [9.17, 15) is 15.3 Å². The second kappa shape index (κ2) is 16.5. The van der Waals surface area contributed by atoms with Crippen LogP contribution >= 0.6 is 0 Å². The summed E-state index contributed by atoms with van der Waals surface area (Å²) in [5.74, 6) is 2.95. The van der Waals surface area contributed by atoms with E-state index in [1.165, 1.54) is 130 Å². The van der Waals surface area contributed by atoms with E-state index in [1.807, 2.05) is 0 Å². The van der Waals surface area contributed by atoms with E-state index < -0.39 is 0 Å². The molecule has 3 heteroatoms. The monoisotopic (exact) mass is 749 g/mol. The molecule has 3 aliphatic rings. The molecule has 1 atom stereocenters. The highest BCUT2D eigenvalue weighted by molar-refractivity contribution is 5.56. The number of hydrogen-bond donors (Lipinski definition) is 3. The van der Waals surface area contributed by atoms with Gasteiger partial charge >= 0.3 is 0 Å². The van der Waals surface area contributed by atoms with Crippen molar-refractivity contribution in [1.29, 1.82) is 0 Å². The van der Waals surface area contributed by atoms with Gasteiger partial charge in [-0.05, 0) is 153 Å². The molecule has 6 rings (SSSR count). The molecule has 3 N–H and O–H groups in total. The van der Waals surface area contributed by atoms with Crippen LogP contribution in [-0.4, -0.2) is 15.3 Å². The molecule has 3 saturated carbocycles. The Morgan fingerprint density at radius 3 is 1.00 bits per heavy atom. The van der Waals surface area contributed by atoms with E-state index in [1.54, 1.807) is 0 Å². The molecule has 1 unspecified atom stereocenters. The summed E-state index contributed by atoms with van der Waals surface area (Å²) >= 11 is 0. The van der Waals surface area contributed by atoms with Crippen LogP contribution in [0.15, 0.2) is 36.4 Å². The van der Waals surface area contributed by atoms with Gasteiger partial charge in [0.05, 0.1) is 0 Å². The van der Waals surface area contributed by atoms with Crippen LogP contribution in [0.4, 0.5) is 0 Å². The summed E-state index contributed by atoms with van der Waals surface area (Å²) in [6.45, 7) is 22.5. The second-order valence-electron chi connectivity index (χ2n) is 21.4. The molecule has 0 amide bonds. The number of phenolic OH excluding ortho intramolecular Hbond substituents is 3. The Labute approximate surface area is 335 Å². The molecule has 0 spiro atoms. The summed E-state index contributed by atoms with van der Waals surface area (Å²) in [4.78, 5) is 0. The van der Waals surface area contributed by atoms with Gasteiger partial charge in [-0.3, -0.25) is 0 Å². The quantitative estimate of drug-likeness (QED) is 0.215. The Morgan fingerprint density at radius 2 is 0.709 bits per heavy atom. The maximum Gasteiger partial charge on any atom is 0.119 e. The predicted octanol–water partition coefficient (Wildman–Crippen LogP) is 15.2. The second-order valence-corrected chi connectivity index (χ2v) is 21.4. The lowest BCUT2D eigenvalue weighted by molar-refractivity contribution is 0.418. The Morgan fingerprint density at radius 1 is 0.436 bits per heavy atom. The summed E-state index contributed by atoms with van der Waals surface area (Å²) in [6, 6.07) is 13.8. The summed E-state index contributed by atoms with van der Waals surface area (Å²) in [7, 11) is 0. The van der Waals surface area contributed by atoms with E-state index in [0.717, 1.165) is 23.1 Å². The number of benzene rings is 3. The fraction of sp³-hybridized carbons (Fsp3) is 0.654. The first-order chi connectivity index (χ1) is 25.8. The van der Waals surface area contributed by atoms with Gasteiger partial charge in [-0.2, -0.15) is 0 Å². The molecule has 3 aliphatic carbocycles. The highest BCUT2D eigenvalue weighted by atomic mass is 16.3. The average Bonchev–Trinajstić information content (AvgIpc) is 3.13. The van der Waals surface area contributed by atoms with E-state index in [-0.39, 0.29) is 28.1 Å². The van der Waals surface area contributed by atoms with Gasteiger partial charge in [0.15, 0.2) is 0 Å². The van der Waals surface area contributed by atoms with Crippen molar-refractivity contribution < 1.29 is 15.3 Å². The molecule has 3 nitrogen and oxygen atoms in total. The van der Waals surface area contributed by atoms with Crippen molar-refractivity contribution in [1.82, 2.24) is 0 Å². The first-order valence-corrected chi connectivity index (χ1v) is 22.5. The minimum absolute atomic E-state index is 0.0818. The average molecular weight is 749 g/mol. The van der Waals surface area contributed by atoms with E-state index in [2.05, 4.69) is 106 Å². The summed E-state index contributed by atoms with van der Waals surface area (Å²) in [6.07, 6.45) is 19.3. The van der Waals surface area contributed by atoms with Gasteiger partial charge in [-0.1, -0.05) is 145 Å². The Hall–Kier alpha value is -2.94. The maximum atomic E-state index is 11.8. The molecule has 0 heterocycles. The van der Waals surface area contributed by atoms with Crippen LogP contribution in [-0.2, 0) is 16.2 Å². The molecule has 302 valence electrons. The van der Waals surface area contributed by atoms with Crippen LogP contribution in [0.3, 0.4) is 0 Å². The number of hydrogen-bond acceptors (Lipinski definition) is 3. The van der Waals surface area contributed by atoms with Crippen LogP contribution in [0.2, 0.25) is 0 Å². The fourth-order valence-electron chi connectivity index (χ4n) is 10.9. The van der Waals surface area contributed by atoms with Gasteiger partial charge in [-0.25, -0.2) is 0 Å². The smallest absolute Gasteiger partial charge is 0.119 e. The van der Waals surface area contributed by atoms with Crippen LogP contribution in [0.5, 0.6) is 17.2 Å². The molecular formula is C52H76O3. The lowest BCUT2D eigenvalue weighted by Gasteiger charge is -2.36. The first kappa shape index (κ1) is 41.7. The zero-order chi connectivity index (χ0) is 39.9. The van der Waals surface area contributed by atoms with Crippen molar-refractivity contribution in [2.75, 3.05) is 0 Å². The number of rotatable bonds is 8. The van der Waals surface area contributed by atoms with Crippen molar-refractivity contribution in [2.45, 2.75) is 218 Å². The maximum absolute atomic E-state index is 11.8. The van der Waals surface area contributed by atoms with Crippen molar-refractivity contribution in [2.24, 2.45) is 0 Å². The Kier molecular flexibility index (Phi) is 12.5. The zero-order valence-electron chi connectivity index (χ0n) is 36.5. The van der Waals surface area contributed by atoms with Gasteiger partial charge in [0.1, 0.15) is 17.2 Å². The van der Waals surface area contributed by atoms with Gasteiger partial charge in [0.25, 0.3) is 0 Å². The predicted molar refractivity (Wildman–Crippen MR) is 233 cm³/mol. The molecule has 3 aromatic rings. The molecule has 0 aliphatic heterocycles. The van der Waals surface area contributed by atoms with Gasteiger partial charge < -0.3 is 15.3 Å². The molecule has 0 saturated heterocycles. The molecular weight excluding hydrogens is 673 g/mol. The minimum Gasteiger partial charge on any atom is -0.508 e. The number of phenols is 3. The highest BCUT2D eigenvalue weighted by Gasteiger charge is 2.35. The fourth-order valence-corrected chi connectivity index (χ4v) is 10.9. The molecule has 3 aromatic carbocycles. The highest BCUT2D eigenvalue weighted by Crippen LogP contribution is 2.51. The standard InChI is InChI=1S/C52H76O3/c1-33(37-27-44(50(2,3)4)47(53)30-38(37)34-20-14-11-15-21-34)26-41(42-28-45(51(5,6)7)48(54)31-39(42)35-22-16-12-17-23-35)43-29-46(52(8,9)10)49(55)32-40(43)36-24-18-13-19-25-36/h27-36,41,53-55H,11-26H2,1-10H3. The molecule has 0 aromatic heterocycles. The molecule has 3 fully saturated rings. The molecule has 0 radical (unpaired) electrons. The normalized spacial score (nSPS) is 19.3. The van der Waals surface area contributed by atoms with E-state index in [0.29, 0.717) is 35.0 Å². The third kappa shape index (κ3) is 9.28. The number of aromatic hydroxyl groups is 3. The third-order valence-corrected chi connectivity index (χ3v) is 14.0. The van der Waals surface area contributed by atoms with Gasteiger partial charge in [0, 0.05) is 5.92 Å². The molecule has 55 heavy (non-hydrogen) atoms. The largest absolute Gasteiger partial charge is 0.508 e. The van der Waals surface area contributed by atoms with Crippen LogP contribution in [0.1, 0.15) is 252 Å². The minimum atomic E-state index is -0.218. The van der Waals surface area contributed by atoms with Gasteiger partial charge in [0.2, 0.25) is 0 Å². The van der Waals surface area contributed by atoms with E-state index >= 15 is 0 Å². The van der Waals surface area contributed by atoms with Crippen LogP contribution < -0.4 is 0 Å². The zero-order valence-corrected chi connectivity index (χ0v) is 36.5. The lowest BCUT2D eigenvalue weighted by atomic mass is 9.68. The summed E-state index contributed by atoms with van der Waals surface area (Å²) in [5, 5.41) is 35.2. The van der Waals surface area contributed by atoms with E-state index in [4.69, 9.17) is 0 Å². The SMILES string of the molecule is CC(CC(c1cc(C(C)(C)C)c(O)cc1C1CCCCC1)c1cc(C(C)(C)C)c(O)cc1C1CCCCC1)c1cc(C(C)(C)C)c(O)cc1C1CCCCC1. The van der Waals surface area contributed by atoms with Crippen LogP contribution in [0.25, 0.3) is 0 Å².